The molecule has 0 unspecified atom stereocenters. The van der Waals surface area contributed by atoms with Crippen molar-refractivity contribution < 1.29 is 4.79 Å². The number of hydrogen-bond acceptors (Lipinski definition) is 4. The predicted molar refractivity (Wildman–Crippen MR) is 81.9 cm³/mol. The third kappa shape index (κ3) is 2.73. The predicted octanol–water partition coefficient (Wildman–Crippen LogP) is 2.21. The van der Waals surface area contributed by atoms with Crippen molar-refractivity contribution in [1.82, 2.24) is 25.5 Å². The summed E-state index contributed by atoms with van der Waals surface area (Å²) in [5, 5.41) is 14.6. The molecular weight excluding hydrogens is 278 g/mol. The summed E-state index contributed by atoms with van der Waals surface area (Å²) in [5.41, 5.74) is 0.448. The van der Waals surface area contributed by atoms with E-state index in [0.717, 1.165) is 37.7 Å². The van der Waals surface area contributed by atoms with E-state index in [-0.39, 0.29) is 11.9 Å². The topological polar surface area (TPSA) is 72.7 Å². The highest BCUT2D eigenvalue weighted by Crippen LogP contribution is 2.35. The van der Waals surface area contributed by atoms with E-state index in [4.69, 9.17) is 0 Å². The van der Waals surface area contributed by atoms with E-state index in [9.17, 15) is 4.79 Å². The Morgan fingerprint density at radius 2 is 1.95 bits per heavy atom. The number of nitrogens with zero attached hydrogens (tertiary/aromatic N) is 4. The smallest absolute Gasteiger partial charge is 0.248 e. The molecule has 1 heterocycles. The van der Waals surface area contributed by atoms with Gasteiger partial charge in [-0.1, -0.05) is 49.6 Å². The van der Waals surface area contributed by atoms with Crippen LogP contribution in [0.25, 0.3) is 0 Å². The maximum absolute atomic E-state index is 13.0. The van der Waals surface area contributed by atoms with Crippen LogP contribution in [0.5, 0.6) is 0 Å². The molecule has 2 aromatic rings. The number of tetrazole rings is 1. The number of hydrogen-bond donors (Lipinski definition) is 1. The molecule has 1 amide bonds. The largest absolute Gasteiger partial charge is 0.347 e. The van der Waals surface area contributed by atoms with Crippen molar-refractivity contribution >= 4 is 5.91 Å². The lowest BCUT2D eigenvalue weighted by atomic mass is 9.80. The molecule has 0 spiro atoms. The van der Waals surface area contributed by atoms with Crippen molar-refractivity contribution in [3.8, 4) is 0 Å². The Morgan fingerprint density at radius 1 is 1.23 bits per heavy atom. The van der Waals surface area contributed by atoms with Gasteiger partial charge in [0.05, 0.1) is 6.04 Å². The number of nitrogens with one attached hydrogen (secondary N) is 1. The van der Waals surface area contributed by atoms with Gasteiger partial charge in [0.2, 0.25) is 5.91 Å². The lowest BCUT2D eigenvalue weighted by molar-refractivity contribution is -0.133. The van der Waals surface area contributed by atoms with Gasteiger partial charge in [-0.15, -0.1) is 5.10 Å². The molecule has 1 aliphatic rings. The van der Waals surface area contributed by atoms with E-state index in [1.54, 1.807) is 11.0 Å². The molecule has 0 saturated heterocycles. The van der Waals surface area contributed by atoms with Crippen molar-refractivity contribution in [1.29, 1.82) is 0 Å². The Hall–Kier alpha value is -2.24. The van der Waals surface area contributed by atoms with E-state index in [1.807, 2.05) is 37.3 Å². The molecule has 1 fully saturated rings. The molecular formula is C16H21N5O. The minimum absolute atomic E-state index is 0.0100. The molecule has 1 N–H and O–H groups in total. The van der Waals surface area contributed by atoms with Crippen molar-refractivity contribution in [2.45, 2.75) is 50.6 Å². The van der Waals surface area contributed by atoms with Gasteiger partial charge in [0, 0.05) is 0 Å². The zero-order valence-corrected chi connectivity index (χ0v) is 12.8. The van der Waals surface area contributed by atoms with Gasteiger partial charge in [-0.3, -0.25) is 4.79 Å². The average molecular weight is 299 g/mol. The van der Waals surface area contributed by atoms with Gasteiger partial charge in [0.1, 0.15) is 11.9 Å². The Balaban J connectivity index is 1.81. The molecule has 116 valence electrons. The maximum atomic E-state index is 13.0. The van der Waals surface area contributed by atoms with Gasteiger partial charge >= 0.3 is 0 Å². The summed E-state index contributed by atoms with van der Waals surface area (Å²) in [5.74, 6) is 0.0100. The zero-order chi connectivity index (χ0) is 15.4. The maximum Gasteiger partial charge on any atom is 0.248 e. The van der Waals surface area contributed by atoms with E-state index in [1.165, 1.54) is 0 Å². The minimum atomic E-state index is -0.648. The van der Waals surface area contributed by atoms with Crippen LogP contribution < -0.4 is 5.32 Å². The Bertz CT molecular complexity index is 605. The Morgan fingerprint density at radius 3 is 2.59 bits per heavy atom. The molecule has 1 aliphatic carbocycles. The second kappa shape index (κ2) is 6.25. The summed E-state index contributed by atoms with van der Waals surface area (Å²) in [6, 6.07) is 9.95. The van der Waals surface area contributed by atoms with Gasteiger partial charge in [0.15, 0.2) is 0 Å². The van der Waals surface area contributed by atoms with Crippen LogP contribution in [0.4, 0.5) is 0 Å². The first-order chi connectivity index (χ1) is 10.7. The fourth-order valence-corrected chi connectivity index (χ4v) is 3.21. The quantitative estimate of drug-likeness (QED) is 0.939. The fourth-order valence-electron chi connectivity index (χ4n) is 3.21. The van der Waals surface area contributed by atoms with Crippen LogP contribution >= 0.6 is 0 Å². The standard InChI is InChI=1S/C16H21N5O/c1-13(14-8-4-2-5-9-14)18-15(22)16(10-6-3-7-11-16)21-12-17-19-20-21/h2,4-5,8-9,12-13H,3,6-7,10-11H2,1H3,(H,18,22)/t13-/m1/s1. The summed E-state index contributed by atoms with van der Waals surface area (Å²) in [6.45, 7) is 2.00. The normalized spacial score (nSPS) is 18.6. The van der Waals surface area contributed by atoms with Crippen molar-refractivity contribution in [3.05, 3.63) is 42.2 Å². The summed E-state index contributed by atoms with van der Waals surface area (Å²) < 4.78 is 1.64. The average Bonchev–Trinajstić information content (AvgIpc) is 3.11. The van der Waals surface area contributed by atoms with Crippen LogP contribution in [-0.2, 0) is 10.3 Å². The van der Waals surface area contributed by atoms with Crippen LogP contribution in [-0.4, -0.2) is 26.1 Å². The van der Waals surface area contributed by atoms with Crippen LogP contribution in [0, 0.1) is 0 Å². The van der Waals surface area contributed by atoms with E-state index in [0.29, 0.717) is 0 Å². The van der Waals surface area contributed by atoms with Gasteiger partial charge in [-0.25, -0.2) is 4.68 Å². The van der Waals surface area contributed by atoms with Gasteiger partial charge < -0.3 is 5.32 Å². The van der Waals surface area contributed by atoms with Gasteiger partial charge in [0.25, 0.3) is 0 Å². The highest BCUT2D eigenvalue weighted by molar-refractivity contribution is 5.84. The van der Waals surface area contributed by atoms with Crippen LogP contribution in [0.1, 0.15) is 50.6 Å². The highest BCUT2D eigenvalue weighted by atomic mass is 16.2. The summed E-state index contributed by atoms with van der Waals surface area (Å²) in [4.78, 5) is 13.0. The monoisotopic (exact) mass is 299 g/mol. The van der Waals surface area contributed by atoms with E-state index >= 15 is 0 Å². The third-order valence-corrected chi connectivity index (χ3v) is 4.54. The van der Waals surface area contributed by atoms with Crippen LogP contribution in [0.15, 0.2) is 36.7 Å². The lowest BCUT2D eigenvalue weighted by Crippen LogP contribution is -2.51. The number of aromatic nitrogens is 4. The first kappa shape index (κ1) is 14.7. The summed E-state index contributed by atoms with van der Waals surface area (Å²) in [6.07, 6.45) is 6.32. The molecule has 0 bridgehead atoms. The van der Waals surface area contributed by atoms with E-state index < -0.39 is 5.54 Å². The van der Waals surface area contributed by atoms with Crippen molar-refractivity contribution in [2.75, 3.05) is 0 Å². The number of carbonyl (C=O) groups excluding carboxylic acids is 1. The van der Waals surface area contributed by atoms with E-state index in [2.05, 4.69) is 20.8 Å². The number of carbonyl (C=O) groups is 1. The lowest BCUT2D eigenvalue weighted by Gasteiger charge is -2.36. The summed E-state index contributed by atoms with van der Waals surface area (Å²) in [7, 11) is 0. The highest BCUT2D eigenvalue weighted by Gasteiger charge is 2.43. The molecule has 1 saturated carbocycles. The van der Waals surface area contributed by atoms with Crippen molar-refractivity contribution in [2.24, 2.45) is 0 Å². The molecule has 1 atom stereocenters. The molecule has 22 heavy (non-hydrogen) atoms. The second-order valence-corrected chi connectivity index (χ2v) is 5.95. The SMILES string of the molecule is C[C@@H](NC(=O)C1(n2cnnn2)CCCCC1)c1ccccc1. The molecule has 6 heteroatoms. The molecule has 1 aromatic heterocycles. The molecule has 0 aliphatic heterocycles. The number of benzene rings is 1. The number of rotatable bonds is 4. The number of amides is 1. The fraction of sp³-hybridized carbons (Fsp3) is 0.500. The van der Waals surface area contributed by atoms with Crippen molar-refractivity contribution in [3.63, 3.8) is 0 Å². The minimum Gasteiger partial charge on any atom is -0.347 e. The van der Waals surface area contributed by atoms with Crippen LogP contribution in [0.2, 0.25) is 0 Å². The Kier molecular flexibility index (Phi) is 4.18. The Labute approximate surface area is 129 Å². The summed E-state index contributed by atoms with van der Waals surface area (Å²) >= 11 is 0. The zero-order valence-electron chi connectivity index (χ0n) is 12.8. The molecule has 3 rings (SSSR count). The first-order valence-electron chi connectivity index (χ1n) is 7.82. The van der Waals surface area contributed by atoms with Gasteiger partial charge in [-0.2, -0.15) is 0 Å². The van der Waals surface area contributed by atoms with Crippen LogP contribution in [0.3, 0.4) is 0 Å². The van der Waals surface area contributed by atoms with Gasteiger partial charge in [-0.05, 0) is 35.8 Å². The molecule has 6 nitrogen and oxygen atoms in total. The first-order valence-corrected chi connectivity index (χ1v) is 7.82. The molecule has 0 radical (unpaired) electrons. The third-order valence-electron chi connectivity index (χ3n) is 4.54. The molecule has 1 aromatic carbocycles. The second-order valence-electron chi connectivity index (χ2n) is 5.95.